The molecule has 1 heterocycles. The van der Waals surface area contributed by atoms with E-state index in [1.54, 1.807) is 24.4 Å². The largest absolute Gasteiger partial charge is 0.481 e. The number of para-hydroxylation sites is 1. The molecular weight excluding hydrogens is 488 g/mol. The van der Waals surface area contributed by atoms with Gasteiger partial charge in [0.05, 0.1) is 12.5 Å². The van der Waals surface area contributed by atoms with Gasteiger partial charge in [-0.1, -0.05) is 18.2 Å². The summed E-state index contributed by atoms with van der Waals surface area (Å²) in [5.41, 5.74) is 12.2. The predicted molar refractivity (Wildman–Crippen MR) is 130 cm³/mol. The topological polar surface area (TPSA) is 247 Å². The summed E-state index contributed by atoms with van der Waals surface area (Å²) in [6.07, 6.45) is 0.455. The number of aromatic amines is 1. The fourth-order valence-corrected chi connectivity index (χ4v) is 3.50. The molecule has 14 heteroatoms. The predicted octanol–water partition coefficient (Wildman–Crippen LogP) is -1.66. The van der Waals surface area contributed by atoms with Crippen molar-refractivity contribution in [2.75, 3.05) is 0 Å². The molecule has 0 saturated carbocycles. The molecule has 2 rings (SSSR count). The number of hydrogen-bond donors (Lipinski definition) is 8. The second-order valence-electron chi connectivity index (χ2n) is 8.46. The highest BCUT2D eigenvalue weighted by Gasteiger charge is 2.30. The number of nitrogens with two attached hydrogens (primary N) is 2. The van der Waals surface area contributed by atoms with Gasteiger partial charge in [-0.3, -0.25) is 24.0 Å². The zero-order valence-corrected chi connectivity index (χ0v) is 20.0. The van der Waals surface area contributed by atoms with Crippen LogP contribution in [0.5, 0.6) is 0 Å². The summed E-state index contributed by atoms with van der Waals surface area (Å²) in [5.74, 6) is -5.98. The van der Waals surface area contributed by atoms with Crippen LogP contribution in [-0.2, 0) is 35.2 Å². The third kappa shape index (κ3) is 8.61. The Labute approximate surface area is 211 Å². The Morgan fingerprint density at radius 3 is 2.22 bits per heavy atom. The zero-order valence-electron chi connectivity index (χ0n) is 20.0. The van der Waals surface area contributed by atoms with E-state index in [1.807, 2.05) is 6.07 Å². The number of aliphatic carboxylic acids is 2. The van der Waals surface area contributed by atoms with Crippen LogP contribution in [0.4, 0.5) is 0 Å². The van der Waals surface area contributed by atoms with Gasteiger partial charge >= 0.3 is 11.9 Å². The van der Waals surface area contributed by atoms with Crippen molar-refractivity contribution in [1.82, 2.24) is 20.9 Å². The minimum absolute atomic E-state index is 0.0523. The molecule has 0 aliphatic heterocycles. The number of carbonyl (C=O) groups excluding carboxylic acids is 4. The molecular formula is C23H30N6O8. The van der Waals surface area contributed by atoms with Crippen molar-refractivity contribution in [3.05, 3.63) is 36.0 Å². The number of benzene rings is 1. The molecule has 0 fully saturated rings. The molecule has 0 radical (unpaired) electrons. The van der Waals surface area contributed by atoms with Crippen LogP contribution in [0.15, 0.2) is 30.5 Å². The van der Waals surface area contributed by atoms with E-state index in [0.717, 1.165) is 10.9 Å². The van der Waals surface area contributed by atoms with Crippen molar-refractivity contribution in [1.29, 1.82) is 0 Å². The van der Waals surface area contributed by atoms with Crippen LogP contribution in [0.2, 0.25) is 0 Å². The number of amides is 4. The summed E-state index contributed by atoms with van der Waals surface area (Å²) in [7, 11) is 0. The first-order valence-electron chi connectivity index (χ1n) is 11.3. The maximum atomic E-state index is 13.0. The first-order valence-corrected chi connectivity index (χ1v) is 11.3. The van der Waals surface area contributed by atoms with Crippen molar-refractivity contribution in [2.45, 2.75) is 56.8 Å². The van der Waals surface area contributed by atoms with Gasteiger partial charge in [-0.25, -0.2) is 4.79 Å². The van der Waals surface area contributed by atoms with Gasteiger partial charge in [0.25, 0.3) is 0 Å². The number of carboxylic acids is 2. The van der Waals surface area contributed by atoms with Crippen LogP contribution in [0.25, 0.3) is 10.9 Å². The lowest BCUT2D eigenvalue weighted by Gasteiger charge is -2.23. The Morgan fingerprint density at radius 2 is 1.59 bits per heavy atom. The number of carboxylic acid groups (broad SMARTS) is 2. The van der Waals surface area contributed by atoms with Gasteiger partial charge in [0, 0.05) is 29.9 Å². The van der Waals surface area contributed by atoms with Crippen LogP contribution in [-0.4, -0.2) is 74.9 Å². The van der Waals surface area contributed by atoms with E-state index in [2.05, 4.69) is 20.9 Å². The molecule has 4 unspecified atom stereocenters. The summed E-state index contributed by atoms with van der Waals surface area (Å²) in [6, 6.07) is 1.97. The Bertz CT molecular complexity index is 1180. The van der Waals surface area contributed by atoms with Gasteiger partial charge in [-0.05, 0) is 25.0 Å². The van der Waals surface area contributed by atoms with E-state index in [0.29, 0.717) is 5.56 Å². The second kappa shape index (κ2) is 13.0. The number of hydrogen-bond acceptors (Lipinski definition) is 7. The van der Waals surface area contributed by atoms with Crippen molar-refractivity contribution in [2.24, 2.45) is 11.5 Å². The number of H-pyrrole nitrogens is 1. The summed E-state index contributed by atoms with van der Waals surface area (Å²) in [6.45, 7) is 1.34. The highest BCUT2D eigenvalue weighted by Crippen LogP contribution is 2.19. The van der Waals surface area contributed by atoms with E-state index in [9.17, 15) is 33.9 Å². The van der Waals surface area contributed by atoms with E-state index in [1.165, 1.54) is 6.92 Å². The van der Waals surface area contributed by atoms with Crippen LogP contribution < -0.4 is 27.4 Å². The van der Waals surface area contributed by atoms with Crippen LogP contribution >= 0.6 is 0 Å². The highest BCUT2D eigenvalue weighted by atomic mass is 16.4. The number of rotatable bonds is 14. The average Bonchev–Trinajstić information content (AvgIpc) is 3.23. The molecule has 1 aromatic heterocycles. The first-order chi connectivity index (χ1) is 17.4. The van der Waals surface area contributed by atoms with Crippen molar-refractivity contribution >= 4 is 46.5 Å². The lowest BCUT2D eigenvalue weighted by molar-refractivity contribution is -0.143. The Hall–Kier alpha value is -4.46. The fraction of sp³-hybridized carbons (Fsp3) is 0.391. The molecule has 2 aromatic rings. The molecule has 0 bridgehead atoms. The van der Waals surface area contributed by atoms with Gasteiger partial charge in [0.1, 0.15) is 18.1 Å². The quantitative estimate of drug-likeness (QED) is 0.142. The Kier molecular flexibility index (Phi) is 10.1. The number of primary amides is 1. The fourth-order valence-electron chi connectivity index (χ4n) is 3.50. The molecule has 200 valence electrons. The number of nitrogens with one attached hydrogen (secondary N) is 4. The average molecular weight is 519 g/mol. The van der Waals surface area contributed by atoms with Gasteiger partial charge in [0.2, 0.25) is 23.6 Å². The summed E-state index contributed by atoms with van der Waals surface area (Å²) < 4.78 is 0. The minimum Gasteiger partial charge on any atom is -0.481 e. The molecule has 0 aliphatic carbocycles. The maximum Gasteiger partial charge on any atom is 0.326 e. The number of carbonyl (C=O) groups is 6. The van der Waals surface area contributed by atoms with E-state index >= 15 is 0 Å². The molecule has 4 atom stereocenters. The van der Waals surface area contributed by atoms with Gasteiger partial charge in [0.15, 0.2) is 0 Å². The third-order valence-corrected chi connectivity index (χ3v) is 5.51. The molecule has 10 N–H and O–H groups in total. The normalized spacial score (nSPS) is 14.1. The molecule has 0 spiro atoms. The van der Waals surface area contributed by atoms with Crippen LogP contribution in [0, 0.1) is 0 Å². The SMILES string of the molecule is CC(NC(=O)C(N)CCC(=O)O)C(=O)NC(Cc1c[nH]c2ccccc12)C(=O)NC(CC(N)=O)C(=O)O. The zero-order chi connectivity index (χ0) is 27.7. The Balaban J connectivity index is 2.19. The van der Waals surface area contributed by atoms with Crippen LogP contribution in [0.1, 0.15) is 31.7 Å². The smallest absolute Gasteiger partial charge is 0.326 e. The highest BCUT2D eigenvalue weighted by molar-refractivity contribution is 5.95. The monoisotopic (exact) mass is 518 g/mol. The van der Waals surface area contributed by atoms with E-state index in [4.69, 9.17) is 16.6 Å². The first kappa shape index (κ1) is 28.8. The standard InChI is InChI=1S/C23H30N6O8/c1-11(27-21(34)14(24)6-7-19(31)32)20(33)28-16(22(35)29-17(23(36)37)9-18(25)30)8-12-10-26-15-5-3-2-4-13(12)15/h2-5,10-11,14,16-17,26H,6-9,24H2,1H3,(H2,25,30)(H,27,34)(H,28,33)(H,29,35)(H,31,32)(H,36,37). The maximum absolute atomic E-state index is 13.0. The van der Waals surface area contributed by atoms with Gasteiger partial charge in [-0.2, -0.15) is 0 Å². The van der Waals surface area contributed by atoms with Crippen molar-refractivity contribution in [3.8, 4) is 0 Å². The number of fused-ring (bicyclic) bond motifs is 1. The van der Waals surface area contributed by atoms with Crippen LogP contribution in [0.3, 0.4) is 0 Å². The summed E-state index contributed by atoms with van der Waals surface area (Å²) >= 11 is 0. The lowest BCUT2D eigenvalue weighted by Crippen LogP contribution is -2.57. The van der Waals surface area contributed by atoms with Gasteiger partial charge in [-0.15, -0.1) is 0 Å². The number of aromatic nitrogens is 1. The molecule has 14 nitrogen and oxygen atoms in total. The summed E-state index contributed by atoms with van der Waals surface area (Å²) in [4.78, 5) is 74.5. The molecule has 4 amide bonds. The van der Waals surface area contributed by atoms with Crippen molar-refractivity contribution in [3.63, 3.8) is 0 Å². The lowest BCUT2D eigenvalue weighted by atomic mass is 10.0. The van der Waals surface area contributed by atoms with E-state index < -0.39 is 66.2 Å². The van der Waals surface area contributed by atoms with E-state index in [-0.39, 0.29) is 19.3 Å². The molecule has 1 aromatic carbocycles. The Morgan fingerprint density at radius 1 is 0.946 bits per heavy atom. The van der Waals surface area contributed by atoms with Gasteiger partial charge < -0.3 is 42.6 Å². The molecule has 0 saturated heterocycles. The minimum atomic E-state index is -1.61. The summed E-state index contributed by atoms with van der Waals surface area (Å²) in [5, 5.41) is 25.9. The molecule has 37 heavy (non-hydrogen) atoms. The third-order valence-electron chi connectivity index (χ3n) is 5.51. The molecule has 0 aliphatic rings. The second-order valence-corrected chi connectivity index (χ2v) is 8.46. The van der Waals surface area contributed by atoms with Crippen molar-refractivity contribution < 1.29 is 39.0 Å².